The van der Waals surface area contributed by atoms with Crippen molar-refractivity contribution in [2.75, 3.05) is 6.26 Å². The molecule has 2 aromatic rings. The van der Waals surface area contributed by atoms with E-state index in [9.17, 15) is 9.90 Å². The van der Waals surface area contributed by atoms with Crippen LogP contribution in [0.2, 0.25) is 0 Å². The molecule has 0 amide bonds. The third-order valence-electron chi connectivity index (χ3n) is 4.30. The van der Waals surface area contributed by atoms with Gasteiger partial charge < -0.3 is 5.11 Å². The summed E-state index contributed by atoms with van der Waals surface area (Å²) in [6.07, 6.45) is 6.08. The first kappa shape index (κ1) is 14.5. The molecule has 0 bridgehead atoms. The molecule has 1 aliphatic carbocycles. The Kier molecular flexibility index (Phi) is 3.53. The van der Waals surface area contributed by atoms with Crippen molar-refractivity contribution in [3.05, 3.63) is 28.2 Å². The molecule has 5 nitrogen and oxygen atoms in total. The molecule has 2 atom stereocenters. The van der Waals surface area contributed by atoms with Gasteiger partial charge in [0.15, 0.2) is 5.16 Å². The van der Waals surface area contributed by atoms with E-state index >= 15 is 0 Å². The second-order valence-corrected chi connectivity index (χ2v) is 6.68. The minimum Gasteiger partial charge on any atom is -0.388 e. The van der Waals surface area contributed by atoms with Gasteiger partial charge in [0.1, 0.15) is 5.65 Å². The molecule has 6 heteroatoms. The van der Waals surface area contributed by atoms with Crippen molar-refractivity contribution >= 4 is 22.8 Å². The van der Waals surface area contributed by atoms with Crippen LogP contribution in [0, 0.1) is 6.92 Å². The number of aryl methyl sites for hydroxylation is 1. The Hall–Kier alpha value is -1.40. The molecule has 1 aliphatic rings. The van der Waals surface area contributed by atoms with Crippen LogP contribution in [-0.4, -0.2) is 31.5 Å². The van der Waals surface area contributed by atoms with E-state index in [0.29, 0.717) is 22.8 Å². The molecule has 0 spiro atoms. The van der Waals surface area contributed by atoms with Crippen LogP contribution in [0.4, 0.5) is 0 Å². The third-order valence-corrected chi connectivity index (χ3v) is 4.86. The number of aliphatic hydroxyl groups is 1. The number of hydrogen-bond donors (Lipinski definition) is 1. The highest BCUT2D eigenvalue weighted by atomic mass is 32.2. The fourth-order valence-corrected chi connectivity index (χ4v) is 3.50. The van der Waals surface area contributed by atoms with Crippen molar-refractivity contribution in [3.63, 3.8) is 0 Å². The number of thioether (sulfide) groups is 1. The first-order valence-electron chi connectivity index (χ1n) is 7.09. The predicted molar refractivity (Wildman–Crippen MR) is 83.8 cm³/mol. The van der Waals surface area contributed by atoms with Gasteiger partial charge >= 0.3 is 0 Å². The molecule has 1 N–H and O–H groups in total. The monoisotopic (exact) mass is 305 g/mol. The fraction of sp³-hybridized carbons (Fsp3) is 0.533. The lowest BCUT2D eigenvalue weighted by Crippen LogP contribution is -2.38. The molecule has 1 fully saturated rings. The predicted octanol–water partition coefficient (Wildman–Crippen LogP) is 2.30. The molecule has 0 saturated heterocycles. The van der Waals surface area contributed by atoms with Crippen molar-refractivity contribution in [3.8, 4) is 0 Å². The summed E-state index contributed by atoms with van der Waals surface area (Å²) in [6.45, 7) is 3.60. The Morgan fingerprint density at radius 3 is 2.90 bits per heavy atom. The molecule has 112 valence electrons. The molecule has 0 aliphatic heterocycles. The van der Waals surface area contributed by atoms with Crippen LogP contribution in [0.1, 0.15) is 37.8 Å². The summed E-state index contributed by atoms with van der Waals surface area (Å²) in [5, 5.41) is 12.1. The highest BCUT2D eigenvalue weighted by Crippen LogP contribution is 2.39. The minimum atomic E-state index is -0.866. The highest BCUT2D eigenvalue weighted by molar-refractivity contribution is 7.98. The number of rotatable bonds is 2. The first-order chi connectivity index (χ1) is 9.94. The maximum absolute atomic E-state index is 12.6. The normalized spacial score (nSPS) is 25.6. The maximum atomic E-state index is 12.6. The van der Waals surface area contributed by atoms with Gasteiger partial charge in [-0.2, -0.15) is 0 Å². The zero-order chi connectivity index (χ0) is 15.2. The SMILES string of the molecule is CSc1ncc2cc(C)c(=O)n(C3CCC[C@@]3(C)O)c2n1. The largest absolute Gasteiger partial charge is 0.388 e. The van der Waals surface area contributed by atoms with Crippen molar-refractivity contribution in [2.24, 2.45) is 0 Å². The van der Waals surface area contributed by atoms with E-state index in [2.05, 4.69) is 9.97 Å². The lowest BCUT2D eigenvalue weighted by Gasteiger charge is -2.28. The first-order valence-corrected chi connectivity index (χ1v) is 8.32. The third kappa shape index (κ3) is 2.36. The summed E-state index contributed by atoms with van der Waals surface area (Å²) in [7, 11) is 0. The topological polar surface area (TPSA) is 68.0 Å². The molecule has 2 aromatic heterocycles. The van der Waals surface area contributed by atoms with E-state index in [1.807, 2.05) is 19.2 Å². The van der Waals surface area contributed by atoms with Crippen molar-refractivity contribution < 1.29 is 5.11 Å². The second kappa shape index (κ2) is 5.10. The summed E-state index contributed by atoms with van der Waals surface area (Å²) < 4.78 is 1.68. The molecule has 3 rings (SSSR count). The lowest BCUT2D eigenvalue weighted by atomic mass is 9.99. The molecule has 1 saturated carbocycles. The summed E-state index contributed by atoms with van der Waals surface area (Å²) in [5.74, 6) is 0. The average Bonchev–Trinajstić information content (AvgIpc) is 2.79. The van der Waals surface area contributed by atoms with Gasteiger partial charge in [0.25, 0.3) is 5.56 Å². The van der Waals surface area contributed by atoms with E-state index in [0.717, 1.165) is 18.2 Å². The minimum absolute atomic E-state index is 0.0690. The second-order valence-electron chi connectivity index (χ2n) is 5.90. The van der Waals surface area contributed by atoms with E-state index in [1.54, 1.807) is 17.7 Å². The Labute approximate surface area is 127 Å². The zero-order valence-electron chi connectivity index (χ0n) is 12.5. The van der Waals surface area contributed by atoms with E-state index in [4.69, 9.17) is 0 Å². The van der Waals surface area contributed by atoms with Gasteiger partial charge in [-0.15, -0.1) is 0 Å². The molecule has 0 radical (unpaired) electrons. The van der Waals surface area contributed by atoms with E-state index < -0.39 is 5.60 Å². The van der Waals surface area contributed by atoms with Crippen LogP contribution in [0.25, 0.3) is 11.0 Å². The Bertz CT molecular complexity index is 754. The summed E-state index contributed by atoms with van der Waals surface area (Å²) in [6, 6.07) is 1.60. The van der Waals surface area contributed by atoms with Crippen molar-refractivity contribution in [1.82, 2.24) is 14.5 Å². The molecule has 2 heterocycles. The molecule has 0 aromatic carbocycles. The van der Waals surface area contributed by atoms with Crippen LogP contribution < -0.4 is 5.56 Å². The van der Waals surface area contributed by atoms with Crippen LogP contribution in [0.3, 0.4) is 0 Å². The average molecular weight is 305 g/mol. The van der Waals surface area contributed by atoms with E-state index in [-0.39, 0.29) is 11.6 Å². The smallest absolute Gasteiger partial charge is 0.255 e. The highest BCUT2D eigenvalue weighted by Gasteiger charge is 2.39. The van der Waals surface area contributed by atoms with Crippen LogP contribution in [-0.2, 0) is 0 Å². The fourth-order valence-electron chi connectivity index (χ4n) is 3.17. The Morgan fingerprint density at radius 2 is 2.29 bits per heavy atom. The lowest BCUT2D eigenvalue weighted by molar-refractivity contribution is 0.0266. The Balaban J connectivity index is 2.33. The summed E-state index contributed by atoms with van der Waals surface area (Å²) >= 11 is 1.44. The van der Waals surface area contributed by atoms with Crippen LogP contribution in [0.15, 0.2) is 22.2 Å². The van der Waals surface area contributed by atoms with Gasteiger partial charge in [-0.1, -0.05) is 11.8 Å². The number of fused-ring (bicyclic) bond motifs is 1. The van der Waals surface area contributed by atoms with Gasteiger partial charge in [0, 0.05) is 17.1 Å². The van der Waals surface area contributed by atoms with Gasteiger partial charge in [-0.3, -0.25) is 9.36 Å². The van der Waals surface area contributed by atoms with Gasteiger partial charge in [-0.25, -0.2) is 9.97 Å². The van der Waals surface area contributed by atoms with Crippen molar-refractivity contribution in [2.45, 2.75) is 49.9 Å². The zero-order valence-corrected chi connectivity index (χ0v) is 13.3. The number of aromatic nitrogens is 3. The van der Waals surface area contributed by atoms with Crippen LogP contribution >= 0.6 is 11.8 Å². The molecular formula is C15H19N3O2S. The summed E-state index contributed by atoms with van der Waals surface area (Å²) in [4.78, 5) is 21.4. The number of hydrogen-bond acceptors (Lipinski definition) is 5. The van der Waals surface area contributed by atoms with Gasteiger partial charge in [0.2, 0.25) is 0 Å². The van der Waals surface area contributed by atoms with Gasteiger partial charge in [0.05, 0.1) is 11.6 Å². The quantitative estimate of drug-likeness (QED) is 0.681. The number of nitrogens with zero attached hydrogens (tertiary/aromatic N) is 3. The Morgan fingerprint density at radius 1 is 1.52 bits per heavy atom. The van der Waals surface area contributed by atoms with E-state index in [1.165, 1.54) is 11.8 Å². The van der Waals surface area contributed by atoms with Gasteiger partial charge in [-0.05, 0) is 45.4 Å². The summed E-state index contributed by atoms with van der Waals surface area (Å²) in [5.41, 5.74) is 0.345. The maximum Gasteiger partial charge on any atom is 0.255 e. The van der Waals surface area contributed by atoms with Crippen LogP contribution in [0.5, 0.6) is 0 Å². The standard InChI is InChI=1S/C15H19N3O2S/c1-9-7-10-8-16-14(21-3)17-12(10)18(13(9)19)11-5-4-6-15(11,2)20/h7-8,11,20H,4-6H2,1-3H3/t11?,15-/m1/s1. The molecule has 21 heavy (non-hydrogen) atoms. The number of pyridine rings is 1. The molecular weight excluding hydrogens is 286 g/mol. The van der Waals surface area contributed by atoms with Crippen molar-refractivity contribution in [1.29, 1.82) is 0 Å². The molecule has 1 unspecified atom stereocenters.